The molecule has 1 atom stereocenters. The van der Waals surface area contributed by atoms with Crippen LogP contribution in [0.4, 0.5) is 4.39 Å². The molecule has 0 spiro atoms. The highest BCUT2D eigenvalue weighted by Gasteiger charge is 2.07. The number of aryl methyl sites for hydroxylation is 1. The van der Waals surface area contributed by atoms with Gasteiger partial charge >= 0.3 is 0 Å². The Balaban J connectivity index is 1.69. The van der Waals surface area contributed by atoms with Crippen molar-refractivity contribution in [2.45, 2.75) is 26.4 Å². The second-order valence-electron chi connectivity index (χ2n) is 5.51. The van der Waals surface area contributed by atoms with Gasteiger partial charge in [-0.15, -0.1) is 0 Å². The Bertz CT molecular complexity index is 761. The van der Waals surface area contributed by atoms with Gasteiger partial charge in [-0.1, -0.05) is 18.2 Å². The van der Waals surface area contributed by atoms with Crippen LogP contribution in [0.1, 0.15) is 29.7 Å². The lowest BCUT2D eigenvalue weighted by Crippen LogP contribution is -2.18. The third-order valence-corrected chi connectivity index (χ3v) is 3.93. The number of aromatic nitrogens is 1. The van der Waals surface area contributed by atoms with Gasteiger partial charge in [0.2, 0.25) is 0 Å². The second kappa shape index (κ2) is 5.70. The van der Waals surface area contributed by atoms with Crippen LogP contribution in [0.25, 0.3) is 10.9 Å². The summed E-state index contributed by atoms with van der Waals surface area (Å²) in [5, 5.41) is 4.65. The number of aromatic amines is 1. The number of halogens is 1. The molecule has 1 unspecified atom stereocenters. The standard InChI is InChI=1S/C18H19FN2/c1-12-3-5-15(10-17(12)19)13(2)21-11-14-4-6-18-16(9-14)7-8-20-18/h3-10,13,20-21H,11H2,1-2H3. The van der Waals surface area contributed by atoms with Crippen LogP contribution in [-0.4, -0.2) is 4.98 Å². The smallest absolute Gasteiger partial charge is 0.126 e. The molecule has 1 heterocycles. The van der Waals surface area contributed by atoms with E-state index in [0.717, 1.165) is 17.6 Å². The van der Waals surface area contributed by atoms with Crippen LogP contribution < -0.4 is 5.32 Å². The van der Waals surface area contributed by atoms with Crippen molar-refractivity contribution in [3.05, 3.63) is 71.2 Å². The Morgan fingerprint density at radius 1 is 1.14 bits per heavy atom. The minimum atomic E-state index is -0.144. The van der Waals surface area contributed by atoms with E-state index in [4.69, 9.17) is 0 Å². The van der Waals surface area contributed by atoms with Gasteiger partial charge in [0.1, 0.15) is 5.82 Å². The fourth-order valence-electron chi connectivity index (χ4n) is 2.48. The predicted molar refractivity (Wildman–Crippen MR) is 84.7 cm³/mol. The zero-order chi connectivity index (χ0) is 14.8. The van der Waals surface area contributed by atoms with Crippen molar-refractivity contribution < 1.29 is 4.39 Å². The van der Waals surface area contributed by atoms with Gasteiger partial charge in [0.15, 0.2) is 0 Å². The van der Waals surface area contributed by atoms with Crippen molar-refractivity contribution in [3.63, 3.8) is 0 Å². The van der Waals surface area contributed by atoms with Crippen molar-refractivity contribution in [2.75, 3.05) is 0 Å². The van der Waals surface area contributed by atoms with E-state index in [1.54, 1.807) is 13.0 Å². The van der Waals surface area contributed by atoms with Crippen molar-refractivity contribution in [2.24, 2.45) is 0 Å². The first-order valence-electron chi connectivity index (χ1n) is 7.19. The van der Waals surface area contributed by atoms with Gasteiger partial charge in [-0.2, -0.15) is 0 Å². The molecule has 2 nitrogen and oxygen atoms in total. The normalized spacial score (nSPS) is 12.7. The Morgan fingerprint density at radius 3 is 2.81 bits per heavy atom. The molecule has 0 amide bonds. The lowest BCUT2D eigenvalue weighted by atomic mass is 10.1. The molecule has 0 aliphatic rings. The maximum atomic E-state index is 13.6. The number of fused-ring (bicyclic) bond motifs is 1. The fourth-order valence-corrected chi connectivity index (χ4v) is 2.48. The fraction of sp³-hybridized carbons (Fsp3) is 0.222. The van der Waals surface area contributed by atoms with Crippen LogP contribution in [0.2, 0.25) is 0 Å². The van der Waals surface area contributed by atoms with E-state index < -0.39 is 0 Å². The first kappa shape index (κ1) is 13.8. The molecule has 2 aromatic carbocycles. The first-order valence-corrected chi connectivity index (χ1v) is 7.19. The summed E-state index contributed by atoms with van der Waals surface area (Å²) in [6.45, 7) is 4.60. The van der Waals surface area contributed by atoms with Crippen molar-refractivity contribution in [1.82, 2.24) is 10.3 Å². The van der Waals surface area contributed by atoms with E-state index in [0.29, 0.717) is 5.56 Å². The predicted octanol–water partition coefficient (Wildman–Crippen LogP) is 4.47. The molecule has 21 heavy (non-hydrogen) atoms. The molecule has 3 rings (SSSR count). The van der Waals surface area contributed by atoms with Gasteiger partial charge in [-0.3, -0.25) is 0 Å². The van der Waals surface area contributed by atoms with Gasteiger partial charge in [0.25, 0.3) is 0 Å². The average Bonchev–Trinajstić information content (AvgIpc) is 2.95. The third-order valence-electron chi connectivity index (χ3n) is 3.93. The minimum Gasteiger partial charge on any atom is -0.361 e. The van der Waals surface area contributed by atoms with Gasteiger partial charge in [-0.25, -0.2) is 4.39 Å². The van der Waals surface area contributed by atoms with Gasteiger partial charge in [-0.05, 0) is 60.2 Å². The summed E-state index contributed by atoms with van der Waals surface area (Å²) in [5.74, 6) is -0.144. The summed E-state index contributed by atoms with van der Waals surface area (Å²) in [6, 6.07) is 14.0. The monoisotopic (exact) mass is 282 g/mol. The maximum Gasteiger partial charge on any atom is 0.126 e. The lowest BCUT2D eigenvalue weighted by molar-refractivity contribution is 0.563. The average molecular weight is 282 g/mol. The molecule has 0 aliphatic carbocycles. The summed E-state index contributed by atoms with van der Waals surface area (Å²) < 4.78 is 13.6. The van der Waals surface area contributed by atoms with E-state index in [2.05, 4.69) is 41.5 Å². The number of H-pyrrole nitrogens is 1. The lowest BCUT2D eigenvalue weighted by Gasteiger charge is -2.15. The minimum absolute atomic E-state index is 0.113. The van der Waals surface area contributed by atoms with Crippen LogP contribution >= 0.6 is 0 Å². The Hall–Kier alpha value is -2.13. The Kier molecular flexibility index (Phi) is 3.76. The van der Waals surface area contributed by atoms with Crippen LogP contribution in [0.15, 0.2) is 48.7 Å². The Morgan fingerprint density at radius 2 is 2.00 bits per heavy atom. The number of rotatable bonds is 4. The summed E-state index contributed by atoms with van der Waals surface area (Å²) in [4.78, 5) is 3.19. The van der Waals surface area contributed by atoms with E-state index in [-0.39, 0.29) is 11.9 Å². The Labute approximate surface area is 124 Å². The molecule has 108 valence electrons. The quantitative estimate of drug-likeness (QED) is 0.726. The molecule has 0 saturated carbocycles. The summed E-state index contributed by atoms with van der Waals surface area (Å²) in [6.07, 6.45) is 1.94. The third kappa shape index (κ3) is 2.98. The van der Waals surface area contributed by atoms with Crippen molar-refractivity contribution >= 4 is 10.9 Å². The highest BCUT2D eigenvalue weighted by Crippen LogP contribution is 2.18. The van der Waals surface area contributed by atoms with Crippen molar-refractivity contribution in [1.29, 1.82) is 0 Å². The zero-order valence-electron chi connectivity index (χ0n) is 12.3. The number of hydrogen-bond acceptors (Lipinski definition) is 1. The number of nitrogens with one attached hydrogen (secondary N) is 2. The molecule has 0 fully saturated rings. The second-order valence-corrected chi connectivity index (χ2v) is 5.51. The molecule has 1 aromatic heterocycles. The van der Waals surface area contributed by atoms with E-state index >= 15 is 0 Å². The molecule has 0 bridgehead atoms. The topological polar surface area (TPSA) is 27.8 Å². The first-order chi connectivity index (χ1) is 10.1. The van der Waals surface area contributed by atoms with Crippen LogP contribution in [0.3, 0.4) is 0 Å². The summed E-state index contributed by atoms with van der Waals surface area (Å²) >= 11 is 0. The molecule has 3 aromatic rings. The molecule has 0 aliphatic heterocycles. The van der Waals surface area contributed by atoms with Crippen molar-refractivity contribution in [3.8, 4) is 0 Å². The zero-order valence-corrected chi connectivity index (χ0v) is 12.3. The van der Waals surface area contributed by atoms with Gasteiger partial charge < -0.3 is 10.3 Å². The van der Waals surface area contributed by atoms with E-state index in [1.807, 2.05) is 18.3 Å². The molecular formula is C18H19FN2. The number of hydrogen-bond donors (Lipinski definition) is 2. The summed E-state index contributed by atoms with van der Waals surface area (Å²) in [7, 11) is 0. The SMILES string of the molecule is Cc1ccc(C(C)NCc2ccc3[nH]ccc3c2)cc1F. The van der Waals surface area contributed by atoms with E-state index in [9.17, 15) is 4.39 Å². The molecule has 0 saturated heterocycles. The van der Waals surface area contributed by atoms with Crippen LogP contribution in [-0.2, 0) is 6.54 Å². The van der Waals surface area contributed by atoms with Crippen LogP contribution in [0, 0.1) is 12.7 Å². The largest absolute Gasteiger partial charge is 0.361 e. The number of benzene rings is 2. The van der Waals surface area contributed by atoms with Gasteiger partial charge in [0.05, 0.1) is 0 Å². The maximum absolute atomic E-state index is 13.6. The van der Waals surface area contributed by atoms with Crippen LogP contribution in [0.5, 0.6) is 0 Å². The highest BCUT2D eigenvalue weighted by molar-refractivity contribution is 5.79. The molecule has 0 radical (unpaired) electrons. The molecular weight excluding hydrogens is 263 g/mol. The highest BCUT2D eigenvalue weighted by atomic mass is 19.1. The van der Waals surface area contributed by atoms with E-state index in [1.165, 1.54) is 10.9 Å². The summed E-state index contributed by atoms with van der Waals surface area (Å²) in [5.41, 5.74) is 4.03. The molecule has 2 N–H and O–H groups in total. The molecule has 3 heteroatoms. The van der Waals surface area contributed by atoms with Gasteiger partial charge in [0, 0.05) is 24.3 Å².